The van der Waals surface area contributed by atoms with Gasteiger partial charge in [-0.3, -0.25) is 14.6 Å². The number of alkyl halides is 2. The molecule has 2 amide bonds. The van der Waals surface area contributed by atoms with E-state index >= 15 is 8.78 Å². The second-order valence-electron chi connectivity index (χ2n) is 17.0. The first-order valence-electron chi connectivity index (χ1n) is 18.3. The molecule has 3 aromatic carbocycles. The van der Waals surface area contributed by atoms with Crippen molar-refractivity contribution < 1.29 is 37.4 Å². The van der Waals surface area contributed by atoms with Gasteiger partial charge in [-0.1, -0.05) is 53.7 Å². The highest BCUT2D eigenvalue weighted by molar-refractivity contribution is 6.01. The number of aromatic nitrogens is 4. The highest BCUT2D eigenvalue weighted by Crippen LogP contribution is 2.59. The fraction of sp³-hybridized carbons (Fsp3) is 0.390. The molecular weight excluding hydrogens is 729 g/mol. The molecule has 2 aliphatic rings. The van der Waals surface area contributed by atoms with Gasteiger partial charge >= 0.3 is 12.2 Å². The molecule has 6 aromatic rings. The molecule has 2 fully saturated rings. The number of imidazole rings is 2. The lowest BCUT2D eigenvalue weighted by molar-refractivity contribution is -0.0495. The van der Waals surface area contributed by atoms with E-state index in [1.54, 1.807) is 42.5 Å². The number of aromatic amines is 2. The Kier molecular flexibility index (Phi) is 8.33. The molecule has 3 aromatic heterocycles. The van der Waals surface area contributed by atoms with E-state index in [2.05, 4.69) is 19.9 Å². The summed E-state index contributed by atoms with van der Waals surface area (Å²) in [4.78, 5) is 56.1. The second-order valence-corrected chi connectivity index (χ2v) is 17.0. The normalized spacial score (nSPS) is 23.2. The van der Waals surface area contributed by atoms with Crippen LogP contribution in [0.3, 0.4) is 0 Å². The van der Waals surface area contributed by atoms with Crippen LogP contribution in [0.15, 0.2) is 64.1 Å². The monoisotopic (exact) mass is 770 g/mol. The first-order valence-corrected chi connectivity index (χ1v) is 18.3. The van der Waals surface area contributed by atoms with Gasteiger partial charge in [0.2, 0.25) is 5.43 Å². The topological polar surface area (TPSA) is 169 Å². The molecule has 4 N–H and O–H groups in total. The van der Waals surface area contributed by atoms with E-state index in [9.17, 15) is 29.0 Å². The standard InChI is InChI=1S/C41H41F3N6O6/c1-39(2,3)34-26(43)18-50(38(54)55)41(34,40(4,5)6)36-46-16-28(48-36)20-8-10-30-24(12-20)32(51)25-13-21-11-19(7-9-23(21)31(44)33(25)56-30)27-15-45-35(47-27)29-14-22(42)17-49(29)37(52)53/h7-13,15-16,22,26,29,34H,14,17-18H2,1-6H3,(H,45,47)(H,46,48)(H,52,53)(H,54,55)/t22-,26+,29-,34?,41+/m0/s1. The lowest BCUT2D eigenvalue weighted by atomic mass is 9.58. The summed E-state index contributed by atoms with van der Waals surface area (Å²) in [5, 5.41) is 20.7. The molecule has 2 aliphatic heterocycles. The molecule has 0 aliphatic carbocycles. The van der Waals surface area contributed by atoms with E-state index in [-0.39, 0.29) is 58.5 Å². The van der Waals surface area contributed by atoms with Crippen LogP contribution in [0.2, 0.25) is 0 Å². The fourth-order valence-electron chi connectivity index (χ4n) is 9.32. The number of nitrogens with one attached hydrogen (secondary N) is 2. The van der Waals surface area contributed by atoms with E-state index in [1.165, 1.54) is 12.4 Å². The van der Waals surface area contributed by atoms with Crippen LogP contribution in [-0.4, -0.2) is 77.6 Å². The number of rotatable bonds is 4. The van der Waals surface area contributed by atoms with Crippen LogP contribution in [0.4, 0.5) is 22.8 Å². The van der Waals surface area contributed by atoms with Crippen molar-refractivity contribution in [1.29, 1.82) is 0 Å². The van der Waals surface area contributed by atoms with Crippen LogP contribution in [0.25, 0.3) is 55.2 Å². The Morgan fingerprint density at radius 1 is 0.875 bits per heavy atom. The number of halogens is 3. The van der Waals surface area contributed by atoms with Crippen LogP contribution >= 0.6 is 0 Å². The molecule has 0 spiro atoms. The van der Waals surface area contributed by atoms with Crippen molar-refractivity contribution in [1.82, 2.24) is 29.7 Å². The maximum atomic E-state index is 16.1. The van der Waals surface area contributed by atoms with E-state index in [4.69, 9.17) is 4.42 Å². The SMILES string of the molecule is CC(C)(C)C1[C@H](F)CN(C(=O)O)[C@]1(c1ncc(-c2ccc3oc4c(F)c5ccc(-c6cnc([C@@H]7C[C@H](F)CN7C(=O)O)[nH]6)cc5cc4c(=O)c3c2)[nH]1)C(C)(C)C. The minimum absolute atomic E-state index is 0.00110. The molecule has 1 unspecified atom stereocenters. The van der Waals surface area contributed by atoms with E-state index < -0.39 is 64.1 Å². The van der Waals surface area contributed by atoms with Gasteiger partial charge in [-0.25, -0.2) is 32.7 Å². The summed E-state index contributed by atoms with van der Waals surface area (Å²) in [6.45, 7) is 10.7. The summed E-state index contributed by atoms with van der Waals surface area (Å²) in [5.41, 5.74) is -1.30. The van der Waals surface area contributed by atoms with Gasteiger partial charge in [-0.2, -0.15) is 0 Å². The zero-order valence-electron chi connectivity index (χ0n) is 31.6. The summed E-state index contributed by atoms with van der Waals surface area (Å²) in [5.74, 6) is -0.897. The Balaban J connectivity index is 1.20. The maximum Gasteiger partial charge on any atom is 0.408 e. The van der Waals surface area contributed by atoms with Gasteiger partial charge in [0.15, 0.2) is 11.4 Å². The number of likely N-dealkylation sites (tertiary alicyclic amines) is 2. The third-order valence-electron chi connectivity index (χ3n) is 11.6. The van der Waals surface area contributed by atoms with Crippen molar-refractivity contribution in [3.63, 3.8) is 0 Å². The van der Waals surface area contributed by atoms with Crippen molar-refractivity contribution in [2.45, 2.75) is 71.9 Å². The zero-order valence-corrected chi connectivity index (χ0v) is 31.6. The number of H-pyrrole nitrogens is 2. The molecular formula is C41H41F3N6O6. The lowest BCUT2D eigenvalue weighted by Gasteiger charge is -2.52. The number of nitrogens with zero attached hydrogens (tertiary/aromatic N) is 4. The lowest BCUT2D eigenvalue weighted by Crippen LogP contribution is -2.59. The van der Waals surface area contributed by atoms with Gasteiger partial charge in [0.05, 0.1) is 53.7 Å². The van der Waals surface area contributed by atoms with Crippen LogP contribution < -0.4 is 5.43 Å². The third kappa shape index (κ3) is 5.53. The van der Waals surface area contributed by atoms with Crippen molar-refractivity contribution in [3.05, 3.63) is 82.5 Å². The summed E-state index contributed by atoms with van der Waals surface area (Å²) in [6.07, 6.45) is -2.26. The molecule has 292 valence electrons. The number of hydrogen-bond donors (Lipinski definition) is 4. The molecule has 2 saturated heterocycles. The van der Waals surface area contributed by atoms with Gasteiger partial charge in [0.1, 0.15) is 35.1 Å². The Morgan fingerprint density at radius 2 is 1.55 bits per heavy atom. The van der Waals surface area contributed by atoms with E-state index in [0.717, 1.165) is 9.80 Å². The Labute approximate surface area is 318 Å². The molecule has 56 heavy (non-hydrogen) atoms. The molecule has 0 saturated carbocycles. The molecule has 5 heterocycles. The average Bonchev–Trinajstić information content (AvgIpc) is 3.93. The Bertz CT molecular complexity index is 2640. The van der Waals surface area contributed by atoms with Gasteiger partial charge in [0, 0.05) is 28.9 Å². The highest BCUT2D eigenvalue weighted by atomic mass is 19.1. The number of amides is 2. The van der Waals surface area contributed by atoms with Crippen molar-refractivity contribution in [3.8, 4) is 22.5 Å². The first kappa shape index (κ1) is 37.1. The van der Waals surface area contributed by atoms with Crippen LogP contribution in [0.5, 0.6) is 0 Å². The molecule has 0 bridgehead atoms. The summed E-state index contributed by atoms with van der Waals surface area (Å²) >= 11 is 0. The van der Waals surface area contributed by atoms with Crippen LogP contribution in [0, 0.1) is 22.6 Å². The smallest absolute Gasteiger partial charge is 0.408 e. The number of carboxylic acid groups (broad SMARTS) is 2. The quantitative estimate of drug-likeness (QED) is 0.129. The molecule has 15 heteroatoms. The largest absolute Gasteiger partial charge is 0.465 e. The average molecular weight is 771 g/mol. The fourth-order valence-corrected chi connectivity index (χ4v) is 9.32. The summed E-state index contributed by atoms with van der Waals surface area (Å²) in [7, 11) is 0. The van der Waals surface area contributed by atoms with Gasteiger partial charge in [-0.15, -0.1) is 0 Å². The molecule has 5 atom stereocenters. The molecule has 12 nitrogen and oxygen atoms in total. The minimum atomic E-state index is -1.45. The Morgan fingerprint density at radius 3 is 2.23 bits per heavy atom. The van der Waals surface area contributed by atoms with Gasteiger partial charge < -0.3 is 24.6 Å². The number of hydrogen-bond acceptors (Lipinski definition) is 6. The van der Waals surface area contributed by atoms with Crippen LogP contribution in [0.1, 0.15) is 65.7 Å². The predicted molar refractivity (Wildman–Crippen MR) is 203 cm³/mol. The maximum absolute atomic E-state index is 16.1. The Hall–Kier alpha value is -5.86. The van der Waals surface area contributed by atoms with Crippen molar-refractivity contribution in [2.75, 3.05) is 13.1 Å². The van der Waals surface area contributed by atoms with Crippen molar-refractivity contribution in [2.24, 2.45) is 16.7 Å². The number of fused-ring (bicyclic) bond motifs is 3. The summed E-state index contributed by atoms with van der Waals surface area (Å²) in [6, 6.07) is 10.5. The van der Waals surface area contributed by atoms with Gasteiger partial charge in [0.25, 0.3) is 0 Å². The van der Waals surface area contributed by atoms with Crippen molar-refractivity contribution >= 4 is 44.9 Å². The predicted octanol–water partition coefficient (Wildman–Crippen LogP) is 9.02. The molecule has 8 rings (SSSR count). The first-order chi connectivity index (χ1) is 26.3. The van der Waals surface area contributed by atoms with E-state index in [1.807, 2.05) is 41.5 Å². The summed E-state index contributed by atoms with van der Waals surface area (Å²) < 4.78 is 52.2. The minimum Gasteiger partial charge on any atom is -0.465 e. The third-order valence-corrected chi connectivity index (χ3v) is 11.6. The van der Waals surface area contributed by atoms with Gasteiger partial charge in [-0.05, 0) is 46.5 Å². The van der Waals surface area contributed by atoms with E-state index in [0.29, 0.717) is 27.9 Å². The number of benzene rings is 3. The van der Waals surface area contributed by atoms with Crippen LogP contribution in [-0.2, 0) is 5.54 Å². The second kappa shape index (κ2) is 12.6. The zero-order chi connectivity index (χ0) is 40.2. The highest BCUT2D eigenvalue weighted by Gasteiger charge is 2.67. The molecule has 0 radical (unpaired) electrons. The number of carbonyl (C=O) groups is 2.